The third kappa shape index (κ3) is 1.22. The SMILES string of the molecule is O=c1c2c(c(=O)c(=O)c1=O)Nc1ccccc1N2. The highest BCUT2D eigenvalue weighted by atomic mass is 16.2. The summed E-state index contributed by atoms with van der Waals surface area (Å²) in [6, 6.07) is 6.85. The van der Waals surface area contributed by atoms with E-state index in [2.05, 4.69) is 10.6 Å². The fraction of sp³-hybridized carbons (Fsp3) is 0. The molecule has 0 amide bonds. The zero-order valence-electron chi connectivity index (χ0n) is 8.94. The number of hydrogen-bond donors (Lipinski definition) is 2. The van der Waals surface area contributed by atoms with E-state index in [1.807, 2.05) is 0 Å². The summed E-state index contributed by atoms with van der Waals surface area (Å²) < 4.78 is 0. The standard InChI is InChI=1S/C12H6N2O4/c15-9-7-8(10(16)12(18)11(9)17)14-6-4-2-1-3-5(6)13-7/h1-4,13-14H. The Labute approximate surface area is 99.2 Å². The van der Waals surface area contributed by atoms with Crippen molar-refractivity contribution in [1.82, 2.24) is 0 Å². The minimum Gasteiger partial charge on any atom is -0.349 e. The van der Waals surface area contributed by atoms with E-state index < -0.39 is 21.7 Å². The van der Waals surface area contributed by atoms with Gasteiger partial charge in [0.2, 0.25) is 0 Å². The first-order valence-corrected chi connectivity index (χ1v) is 5.14. The Hall–Kier alpha value is -2.76. The second-order valence-corrected chi connectivity index (χ2v) is 3.86. The molecule has 2 aromatic carbocycles. The highest BCUT2D eigenvalue weighted by Crippen LogP contribution is 2.33. The van der Waals surface area contributed by atoms with Crippen LogP contribution in [-0.2, 0) is 0 Å². The lowest BCUT2D eigenvalue weighted by Gasteiger charge is -2.20. The Bertz CT molecular complexity index is 791. The fourth-order valence-electron chi connectivity index (χ4n) is 1.87. The van der Waals surface area contributed by atoms with Gasteiger partial charge in [0.25, 0.3) is 21.7 Å². The summed E-state index contributed by atoms with van der Waals surface area (Å²) in [4.78, 5) is 45.8. The molecule has 0 aliphatic carbocycles. The molecule has 0 atom stereocenters. The minimum atomic E-state index is -1.30. The van der Waals surface area contributed by atoms with Crippen LogP contribution in [0.3, 0.4) is 0 Å². The number of rotatable bonds is 0. The summed E-state index contributed by atoms with van der Waals surface area (Å²) in [5.41, 5.74) is -3.77. The lowest BCUT2D eigenvalue weighted by atomic mass is 10.1. The molecule has 6 heteroatoms. The van der Waals surface area contributed by atoms with Crippen molar-refractivity contribution in [1.29, 1.82) is 0 Å². The number of para-hydroxylation sites is 2. The van der Waals surface area contributed by atoms with Gasteiger partial charge < -0.3 is 10.6 Å². The van der Waals surface area contributed by atoms with Gasteiger partial charge >= 0.3 is 0 Å². The normalized spacial score (nSPS) is 12.0. The van der Waals surface area contributed by atoms with Crippen molar-refractivity contribution < 1.29 is 0 Å². The molecule has 6 nitrogen and oxygen atoms in total. The van der Waals surface area contributed by atoms with Crippen LogP contribution in [0.4, 0.5) is 22.7 Å². The highest BCUT2D eigenvalue weighted by molar-refractivity contribution is 5.89. The topological polar surface area (TPSA) is 92.3 Å². The summed E-state index contributed by atoms with van der Waals surface area (Å²) >= 11 is 0. The van der Waals surface area contributed by atoms with E-state index in [4.69, 9.17) is 0 Å². The zero-order chi connectivity index (χ0) is 12.9. The third-order valence-electron chi connectivity index (χ3n) is 2.77. The lowest BCUT2D eigenvalue weighted by molar-refractivity contribution is 1.30. The Balaban J connectivity index is 2.39. The largest absolute Gasteiger partial charge is 0.349 e. The number of hydrogen-bond acceptors (Lipinski definition) is 6. The van der Waals surface area contributed by atoms with Gasteiger partial charge in [-0.05, 0) is 12.1 Å². The third-order valence-corrected chi connectivity index (χ3v) is 2.77. The number of benzene rings is 2. The van der Waals surface area contributed by atoms with Gasteiger partial charge in [0.15, 0.2) is 0 Å². The van der Waals surface area contributed by atoms with Gasteiger partial charge in [0, 0.05) is 0 Å². The Kier molecular flexibility index (Phi) is 1.94. The summed E-state index contributed by atoms with van der Waals surface area (Å²) in [7, 11) is 0. The van der Waals surface area contributed by atoms with Crippen molar-refractivity contribution >= 4 is 22.7 Å². The molecule has 0 bridgehead atoms. The minimum absolute atomic E-state index is 0.164. The van der Waals surface area contributed by atoms with Crippen LogP contribution in [0.1, 0.15) is 0 Å². The molecule has 0 fully saturated rings. The van der Waals surface area contributed by atoms with E-state index in [1.54, 1.807) is 24.3 Å². The molecule has 88 valence electrons. The first kappa shape index (κ1) is 10.4. The molecule has 3 rings (SSSR count). The second kappa shape index (κ2) is 3.36. The van der Waals surface area contributed by atoms with Gasteiger partial charge in [-0.25, -0.2) is 0 Å². The molecule has 18 heavy (non-hydrogen) atoms. The van der Waals surface area contributed by atoms with Gasteiger partial charge in [-0.15, -0.1) is 0 Å². The maximum absolute atomic E-state index is 11.6. The summed E-state index contributed by atoms with van der Waals surface area (Å²) in [5.74, 6) is 0. The van der Waals surface area contributed by atoms with Crippen molar-refractivity contribution in [2.75, 3.05) is 10.6 Å². The fourth-order valence-corrected chi connectivity index (χ4v) is 1.87. The monoisotopic (exact) mass is 242 g/mol. The van der Waals surface area contributed by atoms with Crippen LogP contribution in [0.15, 0.2) is 43.4 Å². The Morgan fingerprint density at radius 1 is 0.611 bits per heavy atom. The summed E-state index contributed by atoms with van der Waals surface area (Å²) in [6.45, 7) is 0. The van der Waals surface area contributed by atoms with Crippen LogP contribution in [-0.4, -0.2) is 0 Å². The van der Waals surface area contributed by atoms with E-state index in [0.29, 0.717) is 11.4 Å². The van der Waals surface area contributed by atoms with Crippen molar-refractivity contribution in [3.63, 3.8) is 0 Å². The van der Waals surface area contributed by atoms with E-state index >= 15 is 0 Å². The molecule has 0 aromatic heterocycles. The van der Waals surface area contributed by atoms with Crippen LogP contribution in [0.25, 0.3) is 0 Å². The average Bonchev–Trinajstić information content (AvgIpc) is 2.41. The molecule has 0 unspecified atom stereocenters. The van der Waals surface area contributed by atoms with Gasteiger partial charge in [0.1, 0.15) is 11.4 Å². The molecule has 0 radical (unpaired) electrons. The molecule has 2 aromatic rings. The molecule has 1 aliphatic rings. The summed E-state index contributed by atoms with van der Waals surface area (Å²) in [6.07, 6.45) is 0. The zero-order valence-corrected chi connectivity index (χ0v) is 8.94. The van der Waals surface area contributed by atoms with Crippen LogP contribution in [0.2, 0.25) is 0 Å². The molecule has 0 saturated carbocycles. The quantitative estimate of drug-likeness (QED) is 0.530. The van der Waals surface area contributed by atoms with Gasteiger partial charge in [0.05, 0.1) is 11.4 Å². The Morgan fingerprint density at radius 2 is 1.00 bits per heavy atom. The maximum atomic E-state index is 11.6. The van der Waals surface area contributed by atoms with Crippen LogP contribution < -0.4 is 32.3 Å². The van der Waals surface area contributed by atoms with Crippen LogP contribution >= 0.6 is 0 Å². The second-order valence-electron chi connectivity index (χ2n) is 3.86. The molecular formula is C12H6N2O4. The summed E-state index contributed by atoms with van der Waals surface area (Å²) in [5, 5.41) is 5.41. The highest BCUT2D eigenvalue weighted by Gasteiger charge is 2.23. The number of fused-ring (bicyclic) bond motifs is 2. The van der Waals surface area contributed by atoms with Crippen LogP contribution in [0.5, 0.6) is 0 Å². The van der Waals surface area contributed by atoms with Crippen molar-refractivity contribution in [3.8, 4) is 0 Å². The molecule has 0 saturated heterocycles. The average molecular weight is 242 g/mol. The molecule has 0 spiro atoms. The van der Waals surface area contributed by atoms with Gasteiger partial charge in [-0.1, -0.05) is 12.1 Å². The van der Waals surface area contributed by atoms with Crippen molar-refractivity contribution in [2.24, 2.45) is 0 Å². The predicted octanol–water partition coefficient (Wildman–Crippen LogP) is -0.196. The first-order valence-electron chi connectivity index (χ1n) is 5.14. The van der Waals surface area contributed by atoms with Crippen molar-refractivity contribution in [2.45, 2.75) is 0 Å². The number of anilines is 4. The number of nitrogens with one attached hydrogen (secondary N) is 2. The van der Waals surface area contributed by atoms with Gasteiger partial charge in [-0.3, -0.25) is 19.2 Å². The van der Waals surface area contributed by atoms with Gasteiger partial charge in [-0.2, -0.15) is 0 Å². The van der Waals surface area contributed by atoms with E-state index in [9.17, 15) is 19.2 Å². The van der Waals surface area contributed by atoms with E-state index in [-0.39, 0.29) is 11.4 Å². The maximum Gasteiger partial charge on any atom is 0.279 e. The Morgan fingerprint density at radius 3 is 1.39 bits per heavy atom. The van der Waals surface area contributed by atoms with Crippen LogP contribution in [0, 0.1) is 0 Å². The lowest BCUT2D eigenvalue weighted by Crippen LogP contribution is -2.48. The molecule has 1 heterocycles. The molecule has 1 aliphatic heterocycles. The molecular weight excluding hydrogens is 236 g/mol. The van der Waals surface area contributed by atoms with Crippen molar-refractivity contribution in [3.05, 3.63) is 65.2 Å². The van der Waals surface area contributed by atoms with E-state index in [1.165, 1.54) is 0 Å². The first-order chi connectivity index (χ1) is 8.59. The smallest absolute Gasteiger partial charge is 0.279 e. The van der Waals surface area contributed by atoms with E-state index in [0.717, 1.165) is 0 Å². The predicted molar refractivity (Wildman–Crippen MR) is 66.9 cm³/mol. The molecule has 2 N–H and O–H groups in total.